The van der Waals surface area contributed by atoms with Gasteiger partial charge in [0, 0.05) is 18.7 Å². The molecule has 1 aromatic rings. The molecule has 1 N–H and O–H groups in total. The van der Waals surface area contributed by atoms with E-state index in [9.17, 15) is 9.59 Å². The smallest absolute Gasteiger partial charge is 0.308 e. The van der Waals surface area contributed by atoms with Crippen molar-refractivity contribution in [2.75, 3.05) is 26.8 Å². The molecule has 1 heterocycles. The molecule has 1 amide bonds. The number of amides is 1. The number of methoxy groups -OCH3 is 1. The third-order valence-corrected chi connectivity index (χ3v) is 4.03. The molecule has 1 unspecified atom stereocenters. The van der Waals surface area contributed by atoms with Gasteiger partial charge in [0.15, 0.2) is 11.5 Å². The van der Waals surface area contributed by atoms with Gasteiger partial charge in [0.25, 0.3) is 5.91 Å². The van der Waals surface area contributed by atoms with Gasteiger partial charge >= 0.3 is 5.97 Å². The van der Waals surface area contributed by atoms with Crippen molar-refractivity contribution in [1.29, 1.82) is 0 Å². The Morgan fingerprint density at radius 1 is 1.43 bits per heavy atom. The van der Waals surface area contributed by atoms with E-state index in [0.29, 0.717) is 41.7 Å². The number of carboxylic acid groups (broad SMARTS) is 1. The Kier molecular flexibility index (Phi) is 5.71. The highest BCUT2D eigenvalue weighted by Gasteiger charge is 2.31. The van der Waals surface area contributed by atoms with E-state index in [-0.39, 0.29) is 12.5 Å². The molecule has 23 heavy (non-hydrogen) atoms. The number of carboxylic acids is 1. The molecule has 0 spiro atoms. The minimum atomic E-state index is -0.876. The lowest BCUT2D eigenvalue weighted by Crippen LogP contribution is -2.30. The van der Waals surface area contributed by atoms with Gasteiger partial charge in [-0.15, -0.1) is 0 Å². The van der Waals surface area contributed by atoms with E-state index in [2.05, 4.69) is 0 Å². The second kappa shape index (κ2) is 7.55. The highest BCUT2D eigenvalue weighted by molar-refractivity contribution is 6.32. The molecule has 1 aliphatic rings. The van der Waals surface area contributed by atoms with Gasteiger partial charge in [0.05, 0.1) is 24.7 Å². The topological polar surface area (TPSA) is 76.1 Å². The van der Waals surface area contributed by atoms with E-state index in [1.54, 1.807) is 6.07 Å². The van der Waals surface area contributed by atoms with Crippen molar-refractivity contribution < 1.29 is 24.2 Å². The fraction of sp³-hybridized carbons (Fsp3) is 0.500. The summed E-state index contributed by atoms with van der Waals surface area (Å²) in [6.07, 6.45) is 1.29. The van der Waals surface area contributed by atoms with Crippen LogP contribution in [0.1, 0.15) is 30.1 Å². The maximum atomic E-state index is 12.5. The van der Waals surface area contributed by atoms with Crippen molar-refractivity contribution in [3.8, 4) is 11.5 Å². The van der Waals surface area contributed by atoms with E-state index in [1.807, 2.05) is 6.92 Å². The molecule has 0 aliphatic carbocycles. The maximum Gasteiger partial charge on any atom is 0.308 e. The van der Waals surface area contributed by atoms with E-state index in [4.69, 9.17) is 26.2 Å². The number of benzene rings is 1. The third kappa shape index (κ3) is 3.88. The molecule has 0 aromatic heterocycles. The standard InChI is InChI=1S/C16H20ClNO5/c1-3-6-23-14-12(17)7-11(8-13(14)22-2)15(19)18-5-4-10(9-18)16(20)21/h7-8,10H,3-6,9H2,1-2H3,(H,20,21). The summed E-state index contributed by atoms with van der Waals surface area (Å²) in [6.45, 7) is 3.10. The van der Waals surface area contributed by atoms with Crippen LogP contribution in [-0.2, 0) is 4.79 Å². The quantitative estimate of drug-likeness (QED) is 0.860. The van der Waals surface area contributed by atoms with Crippen LogP contribution in [0.2, 0.25) is 5.02 Å². The summed E-state index contributed by atoms with van der Waals surface area (Å²) in [5, 5.41) is 9.33. The molecule has 1 aromatic carbocycles. The van der Waals surface area contributed by atoms with Gasteiger partial charge in [-0.3, -0.25) is 9.59 Å². The minimum absolute atomic E-state index is 0.211. The zero-order valence-electron chi connectivity index (χ0n) is 13.2. The number of likely N-dealkylation sites (tertiary alicyclic amines) is 1. The van der Waals surface area contributed by atoms with Gasteiger partial charge in [-0.25, -0.2) is 0 Å². The molecule has 1 aliphatic heterocycles. The lowest BCUT2D eigenvalue weighted by molar-refractivity contribution is -0.141. The first-order valence-electron chi connectivity index (χ1n) is 7.50. The molecule has 7 heteroatoms. The molecule has 2 rings (SSSR count). The SMILES string of the molecule is CCCOc1c(Cl)cc(C(=O)N2CCC(C(=O)O)C2)cc1OC. The normalized spacial score (nSPS) is 17.2. The van der Waals surface area contributed by atoms with Crippen LogP contribution < -0.4 is 9.47 Å². The van der Waals surface area contributed by atoms with Crippen LogP contribution in [0.5, 0.6) is 11.5 Å². The number of rotatable bonds is 6. The second-order valence-corrected chi connectivity index (χ2v) is 5.82. The predicted molar refractivity (Wildman–Crippen MR) is 85.4 cm³/mol. The molecule has 6 nitrogen and oxygen atoms in total. The summed E-state index contributed by atoms with van der Waals surface area (Å²) >= 11 is 6.21. The molecule has 1 saturated heterocycles. The minimum Gasteiger partial charge on any atom is -0.493 e. The third-order valence-electron chi connectivity index (χ3n) is 3.75. The average Bonchev–Trinajstić information content (AvgIpc) is 3.02. The van der Waals surface area contributed by atoms with Crippen LogP contribution in [0.25, 0.3) is 0 Å². The molecule has 0 saturated carbocycles. The van der Waals surface area contributed by atoms with Gasteiger partial charge in [-0.05, 0) is 25.0 Å². The number of carbonyl (C=O) groups is 2. The molecular formula is C16H20ClNO5. The molecule has 126 valence electrons. The predicted octanol–water partition coefficient (Wildman–Crippen LogP) is 2.68. The number of aliphatic carboxylic acids is 1. The average molecular weight is 342 g/mol. The van der Waals surface area contributed by atoms with Gasteiger partial charge in [-0.2, -0.15) is 0 Å². The molecule has 1 atom stereocenters. The van der Waals surface area contributed by atoms with Gasteiger partial charge < -0.3 is 19.5 Å². The Hall–Kier alpha value is -1.95. The van der Waals surface area contributed by atoms with Crippen LogP contribution in [0.4, 0.5) is 0 Å². The first-order valence-corrected chi connectivity index (χ1v) is 7.88. The zero-order chi connectivity index (χ0) is 17.0. The summed E-state index contributed by atoms with van der Waals surface area (Å²) in [7, 11) is 1.48. The second-order valence-electron chi connectivity index (χ2n) is 5.41. The summed E-state index contributed by atoms with van der Waals surface area (Å²) in [5.41, 5.74) is 0.363. The number of halogens is 1. The van der Waals surface area contributed by atoms with Crippen LogP contribution in [-0.4, -0.2) is 48.7 Å². The van der Waals surface area contributed by atoms with E-state index in [1.165, 1.54) is 18.1 Å². The monoisotopic (exact) mass is 341 g/mol. The van der Waals surface area contributed by atoms with Crippen LogP contribution in [0, 0.1) is 5.92 Å². The van der Waals surface area contributed by atoms with E-state index in [0.717, 1.165) is 6.42 Å². The Morgan fingerprint density at radius 3 is 2.74 bits per heavy atom. The summed E-state index contributed by atoms with van der Waals surface area (Å²) in [4.78, 5) is 25.1. The fourth-order valence-electron chi connectivity index (χ4n) is 2.52. The van der Waals surface area contributed by atoms with Crippen molar-refractivity contribution in [3.05, 3.63) is 22.7 Å². The van der Waals surface area contributed by atoms with Gasteiger partial charge in [0.2, 0.25) is 0 Å². The Labute approximate surface area is 139 Å². The van der Waals surface area contributed by atoms with Crippen LogP contribution in [0.3, 0.4) is 0 Å². The van der Waals surface area contributed by atoms with E-state index >= 15 is 0 Å². The number of hydrogen-bond acceptors (Lipinski definition) is 4. The molecular weight excluding hydrogens is 322 g/mol. The Balaban J connectivity index is 2.21. The molecule has 1 fully saturated rings. The van der Waals surface area contributed by atoms with Crippen molar-refractivity contribution >= 4 is 23.5 Å². The van der Waals surface area contributed by atoms with E-state index < -0.39 is 11.9 Å². The summed E-state index contributed by atoms with van der Waals surface area (Å²) in [6, 6.07) is 3.11. The van der Waals surface area contributed by atoms with Crippen LogP contribution >= 0.6 is 11.6 Å². The fourth-order valence-corrected chi connectivity index (χ4v) is 2.78. The number of ether oxygens (including phenoxy) is 2. The highest BCUT2D eigenvalue weighted by atomic mass is 35.5. The van der Waals surface area contributed by atoms with Crippen LogP contribution in [0.15, 0.2) is 12.1 Å². The number of hydrogen-bond donors (Lipinski definition) is 1. The van der Waals surface area contributed by atoms with Crippen molar-refractivity contribution in [2.45, 2.75) is 19.8 Å². The molecule has 0 radical (unpaired) electrons. The Morgan fingerprint density at radius 2 is 2.17 bits per heavy atom. The highest BCUT2D eigenvalue weighted by Crippen LogP contribution is 2.37. The Bertz CT molecular complexity index is 604. The van der Waals surface area contributed by atoms with Crippen molar-refractivity contribution in [1.82, 2.24) is 4.90 Å². The summed E-state index contributed by atoms with van der Waals surface area (Å²) in [5.74, 6) is -0.834. The lowest BCUT2D eigenvalue weighted by Gasteiger charge is -2.18. The largest absolute Gasteiger partial charge is 0.493 e. The van der Waals surface area contributed by atoms with Gasteiger partial charge in [-0.1, -0.05) is 18.5 Å². The number of carbonyl (C=O) groups excluding carboxylic acids is 1. The lowest BCUT2D eigenvalue weighted by atomic mass is 10.1. The summed E-state index contributed by atoms with van der Waals surface area (Å²) < 4.78 is 10.8. The maximum absolute atomic E-state index is 12.5. The molecule has 0 bridgehead atoms. The van der Waals surface area contributed by atoms with Gasteiger partial charge in [0.1, 0.15) is 0 Å². The first kappa shape index (κ1) is 17.4. The zero-order valence-corrected chi connectivity index (χ0v) is 13.9. The first-order chi connectivity index (χ1) is 11.0. The van der Waals surface area contributed by atoms with Crippen molar-refractivity contribution in [3.63, 3.8) is 0 Å². The van der Waals surface area contributed by atoms with Crippen molar-refractivity contribution in [2.24, 2.45) is 5.92 Å². The number of nitrogens with zero attached hydrogens (tertiary/aromatic N) is 1.